The van der Waals surface area contributed by atoms with Crippen molar-refractivity contribution in [1.82, 2.24) is 10.6 Å². The predicted molar refractivity (Wildman–Crippen MR) is 104 cm³/mol. The lowest BCUT2D eigenvalue weighted by atomic mass is 10.00. The van der Waals surface area contributed by atoms with Crippen molar-refractivity contribution in [2.24, 2.45) is 5.92 Å². The SMILES string of the molecule is CCNC1=CC(NC2=CC(C)CC=C2)CC=C1.N=C1C=CCC=C1. The zero-order valence-electron chi connectivity index (χ0n) is 14.8. The van der Waals surface area contributed by atoms with Gasteiger partial charge in [0.1, 0.15) is 0 Å². The quantitative estimate of drug-likeness (QED) is 0.718. The van der Waals surface area contributed by atoms with Crippen molar-refractivity contribution in [3.05, 3.63) is 72.2 Å². The molecule has 0 fully saturated rings. The van der Waals surface area contributed by atoms with Crippen molar-refractivity contribution in [1.29, 1.82) is 5.41 Å². The lowest BCUT2D eigenvalue weighted by molar-refractivity contribution is 0.643. The number of rotatable bonds is 4. The molecule has 3 nitrogen and oxygen atoms in total. The smallest absolute Gasteiger partial charge is 0.0533 e. The molecule has 0 aromatic heterocycles. The minimum Gasteiger partial charge on any atom is -0.386 e. The van der Waals surface area contributed by atoms with Crippen molar-refractivity contribution in [2.75, 3.05) is 6.54 Å². The van der Waals surface area contributed by atoms with Crippen LogP contribution in [0.5, 0.6) is 0 Å². The number of hydrogen-bond donors (Lipinski definition) is 3. The van der Waals surface area contributed by atoms with Crippen molar-refractivity contribution >= 4 is 5.71 Å². The third-order valence-electron chi connectivity index (χ3n) is 3.94. The van der Waals surface area contributed by atoms with Gasteiger partial charge in [-0.25, -0.2) is 0 Å². The molecule has 2 unspecified atom stereocenters. The summed E-state index contributed by atoms with van der Waals surface area (Å²) >= 11 is 0. The molecule has 0 radical (unpaired) electrons. The number of likely N-dealkylation sites (N-methyl/N-ethyl adjacent to an activating group) is 1. The Hall–Kier alpha value is -2.29. The first-order chi connectivity index (χ1) is 11.7. The summed E-state index contributed by atoms with van der Waals surface area (Å²) < 4.78 is 0. The van der Waals surface area contributed by atoms with Gasteiger partial charge in [-0.3, -0.25) is 0 Å². The largest absolute Gasteiger partial charge is 0.386 e. The lowest BCUT2D eigenvalue weighted by Gasteiger charge is -2.22. The third kappa shape index (κ3) is 6.45. The van der Waals surface area contributed by atoms with E-state index in [4.69, 9.17) is 5.41 Å². The second-order valence-electron chi connectivity index (χ2n) is 6.27. The van der Waals surface area contributed by atoms with Crippen LogP contribution >= 0.6 is 0 Å². The summed E-state index contributed by atoms with van der Waals surface area (Å²) in [6, 6.07) is 0.412. The fraction of sp³-hybridized carbons (Fsp3) is 0.381. The van der Waals surface area contributed by atoms with E-state index < -0.39 is 0 Å². The van der Waals surface area contributed by atoms with Crippen LogP contribution in [0.4, 0.5) is 0 Å². The second-order valence-corrected chi connectivity index (χ2v) is 6.27. The number of hydrogen-bond acceptors (Lipinski definition) is 3. The van der Waals surface area contributed by atoms with E-state index in [0.717, 1.165) is 25.8 Å². The first-order valence-corrected chi connectivity index (χ1v) is 8.86. The molecule has 24 heavy (non-hydrogen) atoms. The highest BCUT2D eigenvalue weighted by atomic mass is 14.9. The molecular weight excluding hydrogens is 294 g/mol. The summed E-state index contributed by atoms with van der Waals surface area (Å²) in [5.41, 5.74) is 3.09. The van der Waals surface area contributed by atoms with Gasteiger partial charge in [0.05, 0.1) is 11.8 Å². The van der Waals surface area contributed by atoms with E-state index in [2.05, 4.69) is 60.9 Å². The molecule has 0 bridgehead atoms. The monoisotopic (exact) mass is 323 g/mol. The van der Waals surface area contributed by atoms with E-state index in [1.807, 2.05) is 12.2 Å². The van der Waals surface area contributed by atoms with Gasteiger partial charge in [-0.1, -0.05) is 37.3 Å². The second kappa shape index (κ2) is 9.76. The maximum atomic E-state index is 7.02. The normalized spacial score (nSPS) is 24.7. The van der Waals surface area contributed by atoms with Crippen LogP contribution in [0.3, 0.4) is 0 Å². The molecule has 0 aromatic rings. The van der Waals surface area contributed by atoms with Crippen LogP contribution in [0.25, 0.3) is 0 Å². The highest BCUT2D eigenvalue weighted by Crippen LogP contribution is 2.16. The van der Waals surface area contributed by atoms with Crippen LogP contribution in [0.2, 0.25) is 0 Å². The maximum absolute atomic E-state index is 7.02. The van der Waals surface area contributed by atoms with Crippen LogP contribution in [-0.4, -0.2) is 18.3 Å². The zero-order chi connectivity index (χ0) is 17.2. The van der Waals surface area contributed by atoms with Crippen LogP contribution in [0.15, 0.2) is 72.2 Å². The molecule has 0 spiro atoms. The van der Waals surface area contributed by atoms with Crippen molar-refractivity contribution < 1.29 is 0 Å². The molecule has 0 saturated carbocycles. The fourth-order valence-electron chi connectivity index (χ4n) is 2.78. The lowest BCUT2D eigenvalue weighted by Crippen LogP contribution is -2.29. The molecule has 0 aromatic carbocycles. The molecule has 3 aliphatic rings. The average molecular weight is 323 g/mol. The Kier molecular flexibility index (Phi) is 7.34. The van der Waals surface area contributed by atoms with E-state index in [0.29, 0.717) is 17.7 Å². The summed E-state index contributed by atoms with van der Waals surface area (Å²) in [6.07, 6.45) is 24.2. The third-order valence-corrected chi connectivity index (χ3v) is 3.94. The van der Waals surface area contributed by atoms with E-state index in [-0.39, 0.29) is 0 Å². The van der Waals surface area contributed by atoms with Crippen molar-refractivity contribution in [2.45, 2.75) is 39.2 Å². The highest BCUT2D eigenvalue weighted by Gasteiger charge is 2.11. The van der Waals surface area contributed by atoms with Gasteiger partial charge in [-0.15, -0.1) is 0 Å². The Morgan fingerprint density at radius 2 is 1.67 bits per heavy atom. The van der Waals surface area contributed by atoms with Gasteiger partial charge >= 0.3 is 0 Å². The molecule has 0 heterocycles. The summed E-state index contributed by atoms with van der Waals surface area (Å²) in [6.45, 7) is 5.36. The average Bonchev–Trinajstić information content (AvgIpc) is 2.57. The Morgan fingerprint density at radius 1 is 0.958 bits per heavy atom. The van der Waals surface area contributed by atoms with Gasteiger partial charge in [0.25, 0.3) is 0 Å². The van der Waals surface area contributed by atoms with Crippen LogP contribution < -0.4 is 10.6 Å². The number of allylic oxidation sites excluding steroid dienone is 8. The molecule has 3 aliphatic carbocycles. The minimum atomic E-state index is 0.412. The first kappa shape index (κ1) is 18.1. The molecule has 3 rings (SSSR count). The van der Waals surface area contributed by atoms with Gasteiger partial charge in [0.15, 0.2) is 0 Å². The summed E-state index contributed by atoms with van der Waals surface area (Å²) in [5, 5.41) is 14.0. The summed E-state index contributed by atoms with van der Waals surface area (Å²) in [5.74, 6) is 0.652. The van der Waals surface area contributed by atoms with Gasteiger partial charge in [-0.05, 0) is 62.5 Å². The van der Waals surface area contributed by atoms with E-state index in [1.54, 1.807) is 12.2 Å². The molecule has 0 saturated heterocycles. The Morgan fingerprint density at radius 3 is 2.29 bits per heavy atom. The van der Waals surface area contributed by atoms with E-state index >= 15 is 0 Å². The van der Waals surface area contributed by atoms with Gasteiger partial charge in [-0.2, -0.15) is 0 Å². The molecule has 2 atom stereocenters. The Bertz CT molecular complexity index is 589. The predicted octanol–water partition coefficient (Wildman–Crippen LogP) is 4.40. The Balaban J connectivity index is 0.000000249. The molecule has 0 amide bonds. The minimum absolute atomic E-state index is 0.412. The molecule has 3 N–H and O–H groups in total. The van der Waals surface area contributed by atoms with Crippen LogP contribution in [-0.2, 0) is 0 Å². The molecule has 3 heteroatoms. The highest BCUT2D eigenvalue weighted by molar-refractivity contribution is 6.02. The van der Waals surface area contributed by atoms with Crippen LogP contribution in [0.1, 0.15) is 33.1 Å². The molecule has 0 aliphatic heterocycles. The topological polar surface area (TPSA) is 47.9 Å². The maximum Gasteiger partial charge on any atom is 0.0533 e. The fourth-order valence-corrected chi connectivity index (χ4v) is 2.78. The number of nitrogens with one attached hydrogen (secondary N) is 3. The molecular formula is C21H29N3. The Labute approximate surface area is 146 Å². The summed E-state index contributed by atoms with van der Waals surface area (Å²) in [4.78, 5) is 0. The standard InChI is InChI=1S/C15H22N2.C6H7N/c1-3-16-13-7-5-9-15(11-13)17-14-8-4-6-12(2)10-14;7-6-4-2-1-3-5-6/h4-5,7-8,10-12,15-17H,3,6,9H2,1-2H3;2-5,7H,1H2. The van der Waals surface area contributed by atoms with E-state index in [1.165, 1.54) is 11.4 Å². The first-order valence-electron chi connectivity index (χ1n) is 8.86. The van der Waals surface area contributed by atoms with Crippen molar-refractivity contribution in [3.8, 4) is 0 Å². The molecule has 128 valence electrons. The van der Waals surface area contributed by atoms with Crippen molar-refractivity contribution in [3.63, 3.8) is 0 Å². The van der Waals surface area contributed by atoms with E-state index in [9.17, 15) is 0 Å². The van der Waals surface area contributed by atoms with Gasteiger partial charge in [0.2, 0.25) is 0 Å². The van der Waals surface area contributed by atoms with Gasteiger partial charge < -0.3 is 16.0 Å². The zero-order valence-corrected chi connectivity index (χ0v) is 14.8. The summed E-state index contributed by atoms with van der Waals surface area (Å²) in [7, 11) is 0. The van der Waals surface area contributed by atoms with Crippen LogP contribution in [0, 0.1) is 11.3 Å². The van der Waals surface area contributed by atoms with Gasteiger partial charge in [0, 0.05) is 17.9 Å².